The van der Waals surface area contributed by atoms with Crippen molar-refractivity contribution in [1.82, 2.24) is 0 Å². The fourth-order valence-electron chi connectivity index (χ4n) is 1.80. The molecule has 2 aliphatic carbocycles. The van der Waals surface area contributed by atoms with Gasteiger partial charge in [0.25, 0.3) is 0 Å². The Balaban J connectivity index is 2.25. The second-order valence-electron chi connectivity index (χ2n) is 3.39. The Morgan fingerprint density at radius 3 is 2.62 bits per heavy atom. The first-order valence-electron chi connectivity index (χ1n) is 3.46. The third kappa shape index (κ3) is 0.331. The van der Waals surface area contributed by atoms with Crippen molar-refractivity contribution in [2.24, 2.45) is 11.3 Å². The van der Waals surface area contributed by atoms with Gasteiger partial charge in [-0.2, -0.15) is 0 Å². The fraction of sp³-hybridized carbons (Fsp3) is 0.750. The number of rotatable bonds is 0. The van der Waals surface area contributed by atoms with Crippen molar-refractivity contribution in [1.29, 1.82) is 0 Å². The highest BCUT2D eigenvalue weighted by Crippen LogP contribution is 2.59. The molecular weight excluding hydrogens is 96.1 g/mol. The monoisotopic (exact) mass is 108 g/mol. The van der Waals surface area contributed by atoms with E-state index in [0.29, 0.717) is 5.41 Å². The molecule has 0 aliphatic heterocycles. The quantitative estimate of drug-likeness (QED) is 0.418. The van der Waals surface area contributed by atoms with E-state index in [9.17, 15) is 0 Å². The summed E-state index contributed by atoms with van der Waals surface area (Å²) in [4.78, 5) is 0. The van der Waals surface area contributed by atoms with E-state index in [1.165, 1.54) is 12.8 Å². The van der Waals surface area contributed by atoms with E-state index in [1.54, 1.807) is 5.57 Å². The molecule has 0 N–H and O–H groups in total. The molecule has 0 spiro atoms. The molecule has 1 saturated carbocycles. The van der Waals surface area contributed by atoms with Crippen LogP contribution in [0.3, 0.4) is 0 Å². The lowest BCUT2D eigenvalue weighted by Gasteiger charge is -2.11. The summed E-state index contributed by atoms with van der Waals surface area (Å²) in [5.41, 5.74) is 2.34. The molecule has 44 valence electrons. The zero-order chi connectivity index (χ0) is 5.78. The van der Waals surface area contributed by atoms with Crippen molar-refractivity contribution in [3.63, 3.8) is 0 Å². The van der Waals surface area contributed by atoms with Gasteiger partial charge in [-0.05, 0) is 18.8 Å². The molecule has 1 unspecified atom stereocenters. The summed E-state index contributed by atoms with van der Waals surface area (Å²) >= 11 is 0. The van der Waals surface area contributed by atoms with Gasteiger partial charge in [-0.1, -0.05) is 25.5 Å². The highest BCUT2D eigenvalue weighted by Gasteiger charge is 2.47. The van der Waals surface area contributed by atoms with Crippen molar-refractivity contribution >= 4 is 0 Å². The van der Waals surface area contributed by atoms with Crippen molar-refractivity contribution in [2.75, 3.05) is 0 Å². The molecule has 2 atom stereocenters. The molecule has 2 rings (SSSR count). The third-order valence-electron chi connectivity index (χ3n) is 2.95. The summed E-state index contributed by atoms with van der Waals surface area (Å²) < 4.78 is 0. The van der Waals surface area contributed by atoms with Gasteiger partial charge in [0.1, 0.15) is 0 Å². The van der Waals surface area contributed by atoms with Gasteiger partial charge in [0, 0.05) is 5.41 Å². The van der Waals surface area contributed by atoms with E-state index >= 15 is 0 Å². The summed E-state index contributed by atoms with van der Waals surface area (Å²) in [6.07, 6.45) is 5.25. The van der Waals surface area contributed by atoms with Gasteiger partial charge in [-0.3, -0.25) is 0 Å². The molecule has 0 aromatic heterocycles. The summed E-state index contributed by atoms with van der Waals surface area (Å²) in [7, 11) is 0. The fourth-order valence-corrected chi connectivity index (χ4v) is 1.80. The van der Waals surface area contributed by atoms with E-state index in [0.717, 1.165) is 5.92 Å². The molecule has 0 heteroatoms. The van der Waals surface area contributed by atoms with Crippen molar-refractivity contribution < 1.29 is 0 Å². The molecule has 1 fully saturated rings. The minimum Gasteiger partial charge on any atom is -0.0742 e. The molecule has 0 saturated heterocycles. The average molecular weight is 108 g/mol. The number of fused-ring (bicyclic) bond motifs is 1. The number of hydrogen-bond donors (Lipinski definition) is 0. The number of hydrogen-bond acceptors (Lipinski definition) is 0. The van der Waals surface area contributed by atoms with Crippen LogP contribution >= 0.6 is 0 Å². The Bertz CT molecular complexity index is 155. The summed E-state index contributed by atoms with van der Waals surface area (Å²) in [6.45, 7) is 4.72. The molecule has 0 nitrogen and oxygen atoms in total. The van der Waals surface area contributed by atoms with E-state index in [-0.39, 0.29) is 0 Å². The molecule has 2 aliphatic rings. The van der Waals surface area contributed by atoms with Gasteiger partial charge in [0.05, 0.1) is 0 Å². The first-order chi connectivity index (χ1) is 3.73. The average Bonchev–Trinajstić information content (AvgIpc) is 2.31. The largest absolute Gasteiger partial charge is 0.0742 e. The maximum Gasteiger partial charge on any atom is 0.00914 e. The Kier molecular flexibility index (Phi) is 0.588. The summed E-state index contributed by atoms with van der Waals surface area (Å²) in [5.74, 6) is 0.942. The second-order valence-corrected chi connectivity index (χ2v) is 3.39. The van der Waals surface area contributed by atoms with Crippen LogP contribution in [0.1, 0.15) is 26.7 Å². The van der Waals surface area contributed by atoms with E-state index < -0.39 is 0 Å². The minimum atomic E-state index is 0.611. The molecule has 0 aromatic rings. The summed E-state index contributed by atoms with van der Waals surface area (Å²) in [6, 6.07) is 0. The number of allylic oxidation sites excluding steroid dienone is 2. The normalized spacial score (nSPS) is 50.8. The van der Waals surface area contributed by atoms with Crippen LogP contribution in [-0.4, -0.2) is 0 Å². The molecule has 0 aromatic carbocycles. The van der Waals surface area contributed by atoms with Crippen LogP contribution in [0.4, 0.5) is 0 Å². The van der Waals surface area contributed by atoms with Crippen molar-refractivity contribution in [2.45, 2.75) is 26.7 Å². The van der Waals surface area contributed by atoms with E-state index in [4.69, 9.17) is 0 Å². The van der Waals surface area contributed by atoms with Crippen molar-refractivity contribution in [3.05, 3.63) is 11.6 Å². The SMILES string of the molecule is CC1CCC2=C[C@@]21C. The van der Waals surface area contributed by atoms with Gasteiger partial charge in [0.2, 0.25) is 0 Å². The lowest BCUT2D eigenvalue weighted by molar-refractivity contribution is 0.428. The van der Waals surface area contributed by atoms with E-state index in [1.807, 2.05) is 0 Å². The standard InChI is InChI=1S/C8H12/c1-6-3-4-7-5-8(6,7)2/h5-6H,3-4H2,1-2H3/t6?,8-/m1/s1. The second kappa shape index (κ2) is 1.02. The van der Waals surface area contributed by atoms with Crippen LogP contribution in [0, 0.1) is 11.3 Å². The van der Waals surface area contributed by atoms with Crippen LogP contribution in [-0.2, 0) is 0 Å². The topological polar surface area (TPSA) is 0 Å². The van der Waals surface area contributed by atoms with Crippen LogP contribution < -0.4 is 0 Å². The van der Waals surface area contributed by atoms with Gasteiger partial charge >= 0.3 is 0 Å². The first-order valence-corrected chi connectivity index (χ1v) is 3.46. The van der Waals surface area contributed by atoms with Crippen LogP contribution in [0.5, 0.6) is 0 Å². The predicted molar refractivity (Wildman–Crippen MR) is 34.6 cm³/mol. The predicted octanol–water partition coefficient (Wildman–Crippen LogP) is 2.36. The molecule has 0 amide bonds. The van der Waals surface area contributed by atoms with E-state index in [2.05, 4.69) is 19.9 Å². The third-order valence-corrected chi connectivity index (χ3v) is 2.95. The van der Waals surface area contributed by atoms with Gasteiger partial charge in [0.15, 0.2) is 0 Å². The zero-order valence-corrected chi connectivity index (χ0v) is 5.57. The highest BCUT2D eigenvalue weighted by molar-refractivity contribution is 5.41. The first kappa shape index (κ1) is 4.60. The molecule has 0 bridgehead atoms. The maximum atomic E-state index is 2.43. The Morgan fingerprint density at radius 1 is 1.75 bits per heavy atom. The van der Waals surface area contributed by atoms with Gasteiger partial charge in [-0.25, -0.2) is 0 Å². The minimum absolute atomic E-state index is 0.611. The van der Waals surface area contributed by atoms with Gasteiger partial charge in [-0.15, -0.1) is 0 Å². The molecule has 8 heavy (non-hydrogen) atoms. The Labute approximate surface area is 50.6 Å². The van der Waals surface area contributed by atoms with Crippen LogP contribution in [0.2, 0.25) is 0 Å². The molecule has 0 radical (unpaired) electrons. The lowest BCUT2D eigenvalue weighted by Crippen LogP contribution is -2.04. The lowest BCUT2D eigenvalue weighted by atomic mass is 9.93. The van der Waals surface area contributed by atoms with Crippen LogP contribution in [0.25, 0.3) is 0 Å². The van der Waals surface area contributed by atoms with Crippen LogP contribution in [0.15, 0.2) is 11.6 Å². The highest BCUT2D eigenvalue weighted by atomic mass is 14.5. The molecule has 0 heterocycles. The Morgan fingerprint density at radius 2 is 2.50 bits per heavy atom. The Hall–Kier alpha value is -0.260. The summed E-state index contributed by atoms with van der Waals surface area (Å²) in [5, 5.41) is 0. The van der Waals surface area contributed by atoms with Crippen molar-refractivity contribution in [3.8, 4) is 0 Å². The maximum absolute atomic E-state index is 2.43. The smallest absolute Gasteiger partial charge is 0.00914 e. The molecular formula is C8H12. The zero-order valence-electron chi connectivity index (χ0n) is 5.57. The van der Waals surface area contributed by atoms with Gasteiger partial charge < -0.3 is 0 Å².